The minimum atomic E-state index is -3.86. The third-order valence-electron chi connectivity index (χ3n) is 11.6. The second-order valence-corrected chi connectivity index (χ2v) is 22.1. The van der Waals surface area contributed by atoms with Crippen molar-refractivity contribution in [3.8, 4) is 22.3 Å². The molecule has 4 aromatic carbocycles. The van der Waals surface area contributed by atoms with Gasteiger partial charge in [0, 0.05) is 0 Å². The van der Waals surface area contributed by atoms with Gasteiger partial charge in [-0.05, 0) is 0 Å². The van der Waals surface area contributed by atoms with E-state index in [1.807, 2.05) is 0 Å². The SMILES string of the molecule is CCCCCCCCc1c(CCCC)cc([C](=C(CC)C(C)=Nc2cc(CCCC)c(-c3ccccc3)c(CCCCCC)c2)[Pd]([Cl])([NH]C=O)[NH]C=O)cc1-c1ccccc1. The molecule has 0 saturated heterocycles. The van der Waals surface area contributed by atoms with E-state index in [0.29, 0.717) is 19.2 Å². The Balaban J connectivity index is 2.02. The number of allylic oxidation sites excluding steroid dienone is 1. The molecule has 4 rings (SSSR count). The fourth-order valence-electron chi connectivity index (χ4n) is 8.45. The molecule has 0 aliphatic rings. The Morgan fingerprint density at radius 1 is 0.590 bits per heavy atom. The first kappa shape index (κ1) is 49.8. The fraction of sp³-hybridized carbons (Fsp3) is 0.463. The van der Waals surface area contributed by atoms with Gasteiger partial charge in [-0.3, -0.25) is 0 Å². The molecule has 0 bridgehead atoms. The summed E-state index contributed by atoms with van der Waals surface area (Å²) in [5.74, 6) is 0. The van der Waals surface area contributed by atoms with E-state index in [1.54, 1.807) is 0 Å². The van der Waals surface area contributed by atoms with Gasteiger partial charge in [0.05, 0.1) is 0 Å². The number of halogens is 1. The van der Waals surface area contributed by atoms with Crippen molar-refractivity contribution in [2.45, 2.75) is 164 Å². The molecule has 334 valence electrons. The van der Waals surface area contributed by atoms with E-state index >= 15 is 0 Å². The molecule has 4 aromatic rings. The number of nitrogens with zero attached hydrogens (tertiary/aromatic N) is 1. The minimum absolute atomic E-state index is 0.606. The van der Waals surface area contributed by atoms with Gasteiger partial charge < -0.3 is 0 Å². The number of unbranched alkanes of at least 4 members (excludes halogenated alkanes) is 10. The van der Waals surface area contributed by atoms with Crippen molar-refractivity contribution >= 4 is 37.8 Å². The average Bonchev–Trinajstić information content (AvgIpc) is 3.27. The molecular weight excluding hydrogens is 864 g/mol. The molecule has 0 heterocycles. The summed E-state index contributed by atoms with van der Waals surface area (Å²) in [6.45, 7) is 13.2. The summed E-state index contributed by atoms with van der Waals surface area (Å²) in [7, 11) is 7.63. The molecule has 0 aliphatic heterocycles. The first-order chi connectivity index (χ1) is 29.8. The molecule has 2 amide bonds. The van der Waals surface area contributed by atoms with Crippen LogP contribution in [0.1, 0.15) is 166 Å². The van der Waals surface area contributed by atoms with Crippen LogP contribution in [0.5, 0.6) is 0 Å². The normalized spacial score (nSPS) is 12.5. The zero-order valence-electron chi connectivity index (χ0n) is 38.1. The zero-order chi connectivity index (χ0) is 43.9. The third-order valence-corrected chi connectivity index (χ3v) is 16.7. The molecule has 2 N–H and O–H groups in total. The summed E-state index contributed by atoms with van der Waals surface area (Å²) in [6.07, 6.45) is 22.3. The zero-order valence-corrected chi connectivity index (χ0v) is 40.4. The average molecular weight is 939 g/mol. The van der Waals surface area contributed by atoms with Gasteiger partial charge in [-0.2, -0.15) is 0 Å². The number of carbonyl (C=O) groups excluding carboxylic acids is 2. The molecule has 0 aliphatic carbocycles. The Morgan fingerprint density at radius 3 is 1.64 bits per heavy atom. The van der Waals surface area contributed by atoms with Crippen LogP contribution in [0.15, 0.2) is 95.5 Å². The van der Waals surface area contributed by atoms with Crippen LogP contribution in [0.4, 0.5) is 5.69 Å². The first-order valence-electron chi connectivity index (χ1n) is 23.3. The Kier molecular flexibility index (Phi) is 22.3. The maximum atomic E-state index is 12.4. The number of hydrogen-bond donors (Lipinski definition) is 2. The standard InChI is InChI=1S/C52H70N.2CH3NO.ClH.Pd/c1-7-12-16-18-19-27-35-50-46(28-14-9-3)37-42(38-51(50)44-30-23-20-24-31-44)36-43(11-5)41(6)53-49-39-47(29-15-10-4)52(45-32-25-21-26-33-45)48(40-49)34-22-17-13-8-2;2*2-1-3;;/h20-21,23-26,30-33,37-40H,7-19,22,27-29,34-35H2,1-6H3;2*1H,(H2,2,3);1H;/q;;;;+3/p-3. The number of carbonyl (C=O) groups is 2. The Morgan fingerprint density at radius 2 is 1.08 bits per heavy atom. The number of nitrogens with one attached hydrogen (secondary N) is 2. The van der Waals surface area contributed by atoms with Crippen LogP contribution in [0.3, 0.4) is 0 Å². The molecule has 0 unspecified atom stereocenters. The van der Waals surface area contributed by atoms with Gasteiger partial charge in [0.1, 0.15) is 0 Å². The van der Waals surface area contributed by atoms with Crippen LogP contribution >= 0.6 is 9.53 Å². The van der Waals surface area contributed by atoms with Crippen LogP contribution in [0.2, 0.25) is 0 Å². The van der Waals surface area contributed by atoms with E-state index in [2.05, 4.69) is 134 Å². The van der Waals surface area contributed by atoms with Gasteiger partial charge in [-0.25, -0.2) is 0 Å². The molecule has 0 fully saturated rings. The monoisotopic (exact) mass is 937 g/mol. The number of amides is 2. The van der Waals surface area contributed by atoms with Crippen molar-refractivity contribution in [3.05, 3.63) is 118 Å². The summed E-state index contributed by atoms with van der Waals surface area (Å²) in [5, 5.41) is 0. The predicted molar refractivity (Wildman–Crippen MR) is 260 cm³/mol. The second kappa shape index (κ2) is 27.3. The van der Waals surface area contributed by atoms with E-state index in [-0.39, 0.29) is 0 Å². The molecular formula is C54H74ClN3O2Pd. The molecule has 0 aromatic heterocycles. The summed E-state index contributed by atoms with van der Waals surface area (Å²) >= 11 is -3.86. The maximum absolute atomic E-state index is 12.4. The number of hydrogen-bond acceptors (Lipinski definition) is 3. The van der Waals surface area contributed by atoms with E-state index in [9.17, 15) is 9.59 Å². The third kappa shape index (κ3) is 14.6. The van der Waals surface area contributed by atoms with E-state index in [1.165, 1.54) is 90.3 Å². The van der Waals surface area contributed by atoms with E-state index in [4.69, 9.17) is 14.5 Å². The van der Waals surface area contributed by atoms with Crippen molar-refractivity contribution in [3.63, 3.8) is 0 Å². The van der Waals surface area contributed by atoms with Gasteiger partial charge in [0.15, 0.2) is 0 Å². The number of benzene rings is 4. The van der Waals surface area contributed by atoms with Crippen LogP contribution in [-0.4, -0.2) is 18.5 Å². The van der Waals surface area contributed by atoms with Crippen LogP contribution in [0.25, 0.3) is 26.3 Å². The van der Waals surface area contributed by atoms with Crippen LogP contribution in [-0.2, 0) is 50.3 Å². The Labute approximate surface area is 377 Å². The van der Waals surface area contributed by atoms with E-state index < -0.39 is 15.0 Å². The Bertz CT molecular complexity index is 2000. The second-order valence-electron chi connectivity index (χ2n) is 16.2. The molecule has 7 heteroatoms. The summed E-state index contributed by atoms with van der Waals surface area (Å²) in [6, 6.07) is 30.7. The van der Waals surface area contributed by atoms with Crippen molar-refractivity contribution in [1.82, 2.24) is 7.90 Å². The number of rotatable bonds is 29. The van der Waals surface area contributed by atoms with Crippen LogP contribution < -0.4 is 7.90 Å². The summed E-state index contributed by atoms with van der Waals surface area (Å²) in [4.78, 5) is 30.3. The fourth-order valence-corrected chi connectivity index (χ4v) is 12.7. The van der Waals surface area contributed by atoms with Crippen LogP contribution in [0, 0.1) is 0 Å². The number of aliphatic imine (C=N–C) groups is 1. The summed E-state index contributed by atoms with van der Waals surface area (Å²) < 4.78 is 6.71. The van der Waals surface area contributed by atoms with Gasteiger partial charge in [0.25, 0.3) is 0 Å². The van der Waals surface area contributed by atoms with Gasteiger partial charge in [-0.15, -0.1) is 0 Å². The van der Waals surface area contributed by atoms with Gasteiger partial charge >= 0.3 is 366 Å². The molecule has 0 atom stereocenters. The Hall–Kier alpha value is -3.82. The molecule has 0 saturated carbocycles. The van der Waals surface area contributed by atoms with Crippen molar-refractivity contribution in [2.75, 3.05) is 0 Å². The molecule has 61 heavy (non-hydrogen) atoms. The first-order valence-corrected chi connectivity index (χ1v) is 27.6. The molecule has 0 radical (unpaired) electrons. The van der Waals surface area contributed by atoms with Gasteiger partial charge in [0.2, 0.25) is 0 Å². The molecule has 0 spiro atoms. The topological polar surface area (TPSA) is 70.6 Å². The van der Waals surface area contributed by atoms with Gasteiger partial charge in [-0.1, -0.05) is 13.8 Å². The van der Waals surface area contributed by atoms with Crippen molar-refractivity contribution in [2.24, 2.45) is 4.99 Å². The number of aryl methyl sites for hydroxylation is 3. The van der Waals surface area contributed by atoms with Crippen molar-refractivity contribution < 1.29 is 24.6 Å². The quantitative estimate of drug-likeness (QED) is 0.0246. The van der Waals surface area contributed by atoms with E-state index in [0.717, 1.165) is 96.4 Å². The predicted octanol–water partition coefficient (Wildman–Crippen LogP) is 15.3. The van der Waals surface area contributed by atoms with Crippen molar-refractivity contribution in [1.29, 1.82) is 0 Å². The summed E-state index contributed by atoms with van der Waals surface area (Å²) in [5.41, 5.74) is 13.9. The molecule has 5 nitrogen and oxygen atoms in total.